The zero-order valence-electron chi connectivity index (χ0n) is 15.0. The maximum atomic E-state index is 10.2. The number of pyridine rings is 1. The number of hydrogen-bond acceptors (Lipinski definition) is 6. The van der Waals surface area contributed by atoms with Crippen LogP contribution in [0.1, 0.15) is 5.56 Å². The topological polar surface area (TPSA) is 80.2 Å². The molecule has 134 valence electrons. The van der Waals surface area contributed by atoms with Gasteiger partial charge >= 0.3 is 0 Å². The molecule has 2 N–H and O–H groups in total. The van der Waals surface area contributed by atoms with Crippen molar-refractivity contribution in [3.05, 3.63) is 66.5 Å². The van der Waals surface area contributed by atoms with Gasteiger partial charge in [0, 0.05) is 23.3 Å². The predicted molar refractivity (Wildman–Crippen MR) is 105 cm³/mol. The molecule has 4 rings (SSSR count). The second-order valence-corrected chi connectivity index (χ2v) is 6.17. The maximum absolute atomic E-state index is 10.2. The standard InChI is InChI=1S/C21H18N4O2/c1-13-5-8-19(26)18(10-13)24-21-16-11-15(27-2)6-7-17(16)23-20(25-21)14-4-3-9-22-12-14/h3-12,26H,1-2H3,(H,23,24,25). The molecule has 2 heterocycles. The molecule has 0 aliphatic heterocycles. The van der Waals surface area contributed by atoms with Crippen molar-refractivity contribution < 1.29 is 9.84 Å². The highest BCUT2D eigenvalue weighted by Crippen LogP contribution is 2.33. The number of aryl methyl sites for hydroxylation is 1. The van der Waals surface area contributed by atoms with E-state index in [-0.39, 0.29) is 5.75 Å². The lowest BCUT2D eigenvalue weighted by Gasteiger charge is -2.13. The van der Waals surface area contributed by atoms with Gasteiger partial charge in [-0.05, 0) is 55.0 Å². The number of benzene rings is 2. The van der Waals surface area contributed by atoms with Crippen molar-refractivity contribution in [3.63, 3.8) is 0 Å². The molecule has 0 saturated heterocycles. The van der Waals surface area contributed by atoms with Gasteiger partial charge in [0.2, 0.25) is 0 Å². The summed E-state index contributed by atoms with van der Waals surface area (Å²) in [5, 5.41) is 14.2. The summed E-state index contributed by atoms with van der Waals surface area (Å²) in [5.74, 6) is 1.99. The third-order valence-corrected chi connectivity index (χ3v) is 4.23. The number of nitrogens with zero attached hydrogens (tertiary/aromatic N) is 3. The van der Waals surface area contributed by atoms with Gasteiger partial charge < -0.3 is 15.2 Å². The van der Waals surface area contributed by atoms with Crippen LogP contribution in [0.2, 0.25) is 0 Å². The SMILES string of the molecule is COc1ccc2nc(-c3cccnc3)nc(Nc3cc(C)ccc3O)c2c1. The number of phenols is 1. The minimum Gasteiger partial charge on any atom is -0.506 e. The number of nitrogens with one attached hydrogen (secondary N) is 1. The Morgan fingerprint density at radius 1 is 1.04 bits per heavy atom. The van der Waals surface area contributed by atoms with E-state index in [1.165, 1.54) is 0 Å². The van der Waals surface area contributed by atoms with Crippen LogP contribution in [-0.4, -0.2) is 27.2 Å². The average molecular weight is 358 g/mol. The molecule has 6 nitrogen and oxygen atoms in total. The average Bonchev–Trinajstić information content (AvgIpc) is 2.71. The second kappa shape index (κ2) is 6.92. The fraction of sp³-hybridized carbons (Fsp3) is 0.0952. The molecule has 0 saturated carbocycles. The molecule has 0 atom stereocenters. The number of hydrogen-bond donors (Lipinski definition) is 2. The molecule has 0 aliphatic carbocycles. The van der Waals surface area contributed by atoms with Crippen molar-refractivity contribution in [2.75, 3.05) is 12.4 Å². The monoisotopic (exact) mass is 358 g/mol. The van der Waals surface area contributed by atoms with E-state index in [4.69, 9.17) is 4.74 Å². The number of aromatic nitrogens is 3. The lowest BCUT2D eigenvalue weighted by atomic mass is 10.1. The second-order valence-electron chi connectivity index (χ2n) is 6.17. The molecule has 0 unspecified atom stereocenters. The van der Waals surface area contributed by atoms with E-state index in [1.807, 2.05) is 49.4 Å². The smallest absolute Gasteiger partial charge is 0.163 e. The van der Waals surface area contributed by atoms with Gasteiger partial charge in [-0.1, -0.05) is 6.07 Å². The first-order valence-corrected chi connectivity index (χ1v) is 8.47. The molecule has 0 amide bonds. The van der Waals surface area contributed by atoms with Gasteiger partial charge in [0.05, 0.1) is 18.3 Å². The highest BCUT2D eigenvalue weighted by atomic mass is 16.5. The highest BCUT2D eigenvalue weighted by molar-refractivity contribution is 5.93. The summed E-state index contributed by atoms with van der Waals surface area (Å²) in [6, 6.07) is 14.7. The van der Waals surface area contributed by atoms with Crippen LogP contribution in [0.3, 0.4) is 0 Å². The molecule has 2 aromatic heterocycles. The van der Waals surface area contributed by atoms with Crippen molar-refractivity contribution in [2.45, 2.75) is 6.92 Å². The molecule has 27 heavy (non-hydrogen) atoms. The van der Waals surface area contributed by atoms with E-state index in [0.29, 0.717) is 23.1 Å². The summed E-state index contributed by atoms with van der Waals surface area (Å²) in [7, 11) is 1.62. The van der Waals surface area contributed by atoms with Gasteiger partial charge in [-0.15, -0.1) is 0 Å². The van der Waals surface area contributed by atoms with Crippen LogP contribution in [0.15, 0.2) is 60.9 Å². The summed E-state index contributed by atoms with van der Waals surface area (Å²) < 4.78 is 5.34. The Kier molecular flexibility index (Phi) is 4.30. The van der Waals surface area contributed by atoms with E-state index in [1.54, 1.807) is 25.6 Å². The zero-order valence-corrected chi connectivity index (χ0v) is 15.0. The first kappa shape index (κ1) is 16.8. The molecule has 0 bridgehead atoms. The van der Waals surface area contributed by atoms with Crippen molar-refractivity contribution in [3.8, 4) is 22.9 Å². The van der Waals surface area contributed by atoms with Gasteiger partial charge in [-0.2, -0.15) is 0 Å². The number of ether oxygens (including phenoxy) is 1. The molecule has 0 radical (unpaired) electrons. The normalized spacial score (nSPS) is 10.7. The van der Waals surface area contributed by atoms with Crippen molar-refractivity contribution in [2.24, 2.45) is 0 Å². The third-order valence-electron chi connectivity index (χ3n) is 4.23. The van der Waals surface area contributed by atoms with E-state index in [9.17, 15) is 5.11 Å². The van der Waals surface area contributed by atoms with E-state index in [0.717, 1.165) is 22.0 Å². The van der Waals surface area contributed by atoms with E-state index >= 15 is 0 Å². The zero-order chi connectivity index (χ0) is 18.8. The molecule has 0 aliphatic rings. The Morgan fingerprint density at radius 2 is 1.93 bits per heavy atom. The fourth-order valence-corrected chi connectivity index (χ4v) is 2.83. The number of methoxy groups -OCH3 is 1. The van der Waals surface area contributed by atoms with Gasteiger partial charge in [-0.25, -0.2) is 9.97 Å². The third kappa shape index (κ3) is 3.37. The molecular formula is C21H18N4O2. The van der Waals surface area contributed by atoms with Crippen LogP contribution in [0.25, 0.3) is 22.3 Å². The molecule has 4 aromatic rings. The summed E-state index contributed by atoms with van der Waals surface area (Å²) >= 11 is 0. The predicted octanol–water partition coefficient (Wildman–Crippen LogP) is 4.46. The maximum Gasteiger partial charge on any atom is 0.163 e. The Hall–Kier alpha value is -3.67. The number of anilines is 2. The summed E-state index contributed by atoms with van der Waals surface area (Å²) in [6.07, 6.45) is 3.43. The molecule has 2 aromatic carbocycles. The first-order valence-electron chi connectivity index (χ1n) is 8.47. The molecule has 6 heteroatoms. The molecule has 0 fully saturated rings. The number of rotatable bonds is 4. The largest absolute Gasteiger partial charge is 0.506 e. The van der Waals surface area contributed by atoms with Crippen LogP contribution in [0.4, 0.5) is 11.5 Å². The van der Waals surface area contributed by atoms with Crippen LogP contribution in [-0.2, 0) is 0 Å². The van der Waals surface area contributed by atoms with Crippen LogP contribution < -0.4 is 10.1 Å². The van der Waals surface area contributed by atoms with E-state index < -0.39 is 0 Å². The molecular weight excluding hydrogens is 340 g/mol. The van der Waals surface area contributed by atoms with Crippen molar-refractivity contribution >= 4 is 22.4 Å². The van der Waals surface area contributed by atoms with Gasteiger partial charge in [0.25, 0.3) is 0 Å². The highest BCUT2D eigenvalue weighted by Gasteiger charge is 2.12. The summed E-state index contributed by atoms with van der Waals surface area (Å²) in [6.45, 7) is 1.97. The molecule has 0 spiro atoms. The number of fused-ring (bicyclic) bond motifs is 1. The van der Waals surface area contributed by atoms with Crippen LogP contribution >= 0.6 is 0 Å². The quantitative estimate of drug-likeness (QED) is 0.524. The van der Waals surface area contributed by atoms with Crippen LogP contribution in [0.5, 0.6) is 11.5 Å². The van der Waals surface area contributed by atoms with E-state index in [2.05, 4.69) is 20.3 Å². The Bertz CT molecular complexity index is 1110. The first-order chi connectivity index (χ1) is 13.1. The van der Waals surface area contributed by atoms with Crippen LogP contribution in [0, 0.1) is 6.92 Å². The summed E-state index contributed by atoms with van der Waals surface area (Å²) in [4.78, 5) is 13.5. The fourth-order valence-electron chi connectivity index (χ4n) is 2.83. The lowest BCUT2D eigenvalue weighted by molar-refractivity contribution is 0.415. The summed E-state index contributed by atoms with van der Waals surface area (Å²) in [5.41, 5.74) is 3.18. The Morgan fingerprint density at radius 3 is 2.70 bits per heavy atom. The van der Waals surface area contributed by atoms with Gasteiger partial charge in [0.1, 0.15) is 17.3 Å². The minimum atomic E-state index is 0.151. The van der Waals surface area contributed by atoms with Crippen molar-refractivity contribution in [1.29, 1.82) is 0 Å². The van der Waals surface area contributed by atoms with Gasteiger partial charge in [-0.3, -0.25) is 4.98 Å². The van der Waals surface area contributed by atoms with Crippen molar-refractivity contribution in [1.82, 2.24) is 15.0 Å². The Labute approximate surface area is 156 Å². The lowest BCUT2D eigenvalue weighted by Crippen LogP contribution is -2.00. The Balaban J connectivity index is 1.91. The van der Waals surface area contributed by atoms with Gasteiger partial charge in [0.15, 0.2) is 5.82 Å². The minimum absolute atomic E-state index is 0.151. The number of phenolic OH excluding ortho intramolecular Hbond substituents is 1. The number of aromatic hydroxyl groups is 1.